The summed E-state index contributed by atoms with van der Waals surface area (Å²) < 4.78 is 0. The molecule has 5 heteroatoms. The Labute approximate surface area is 110 Å². The topological polar surface area (TPSA) is 74.0 Å². The number of benzene rings is 1. The zero-order valence-electron chi connectivity index (χ0n) is 10.4. The van der Waals surface area contributed by atoms with Crippen molar-refractivity contribution in [2.24, 2.45) is 0 Å². The van der Waals surface area contributed by atoms with Crippen LogP contribution in [-0.2, 0) is 4.79 Å². The molecular weight excluding hydrogens is 242 g/mol. The number of hydrogen-bond acceptors (Lipinski definition) is 2. The molecule has 1 fully saturated rings. The minimum absolute atomic E-state index is 0.0203. The van der Waals surface area contributed by atoms with E-state index in [9.17, 15) is 9.59 Å². The Morgan fingerprint density at radius 3 is 2.89 bits per heavy atom. The Morgan fingerprint density at radius 1 is 1.26 bits per heavy atom. The van der Waals surface area contributed by atoms with Gasteiger partial charge in [-0.05, 0) is 25.0 Å². The summed E-state index contributed by atoms with van der Waals surface area (Å²) in [5.74, 6) is -0.367. The molecule has 0 aliphatic heterocycles. The van der Waals surface area contributed by atoms with Crippen molar-refractivity contribution in [3.05, 3.63) is 36.0 Å². The Kier molecular flexibility index (Phi) is 2.95. The summed E-state index contributed by atoms with van der Waals surface area (Å²) in [7, 11) is 0. The van der Waals surface area contributed by atoms with Crippen molar-refractivity contribution < 1.29 is 9.59 Å². The normalized spacial score (nSPS) is 14.3. The second-order valence-corrected chi connectivity index (χ2v) is 4.77. The smallest absolute Gasteiger partial charge is 0.253 e. The number of aromatic amines is 1. The van der Waals surface area contributed by atoms with Gasteiger partial charge in [0.15, 0.2) is 0 Å². The maximum absolute atomic E-state index is 12.1. The molecule has 1 aliphatic carbocycles. The molecule has 0 bridgehead atoms. The van der Waals surface area contributed by atoms with Crippen LogP contribution in [0.15, 0.2) is 30.5 Å². The molecule has 3 N–H and O–H groups in total. The van der Waals surface area contributed by atoms with Gasteiger partial charge in [-0.1, -0.05) is 12.1 Å². The molecule has 1 aromatic heterocycles. The lowest BCUT2D eigenvalue weighted by molar-refractivity contribution is -0.120. The average Bonchev–Trinajstić information content (AvgIpc) is 3.08. The third-order valence-electron chi connectivity index (χ3n) is 3.18. The van der Waals surface area contributed by atoms with Crippen molar-refractivity contribution in [3.8, 4) is 0 Å². The summed E-state index contributed by atoms with van der Waals surface area (Å²) in [5.41, 5.74) is 1.35. The van der Waals surface area contributed by atoms with E-state index in [4.69, 9.17) is 0 Å². The molecule has 1 heterocycles. The number of nitrogens with one attached hydrogen (secondary N) is 3. The number of carbonyl (C=O) groups excluding carboxylic acids is 2. The number of hydrogen-bond donors (Lipinski definition) is 3. The molecule has 3 rings (SSSR count). The van der Waals surface area contributed by atoms with Gasteiger partial charge in [0.2, 0.25) is 5.91 Å². The first-order chi connectivity index (χ1) is 9.24. The van der Waals surface area contributed by atoms with Gasteiger partial charge in [-0.15, -0.1) is 0 Å². The van der Waals surface area contributed by atoms with Gasteiger partial charge in [0, 0.05) is 17.6 Å². The summed E-state index contributed by atoms with van der Waals surface area (Å²) >= 11 is 0. The van der Waals surface area contributed by atoms with Gasteiger partial charge in [0.1, 0.15) is 0 Å². The highest BCUT2D eigenvalue weighted by Gasteiger charge is 2.23. The van der Waals surface area contributed by atoms with E-state index in [1.807, 2.05) is 18.2 Å². The highest BCUT2D eigenvalue weighted by molar-refractivity contribution is 6.06. The first-order valence-corrected chi connectivity index (χ1v) is 6.38. The highest BCUT2D eigenvalue weighted by Crippen LogP contribution is 2.18. The number of para-hydroxylation sites is 1. The molecule has 0 unspecified atom stereocenters. The van der Waals surface area contributed by atoms with Crippen LogP contribution in [0.5, 0.6) is 0 Å². The second kappa shape index (κ2) is 4.76. The van der Waals surface area contributed by atoms with Gasteiger partial charge in [0.25, 0.3) is 5.91 Å². The van der Waals surface area contributed by atoms with Crippen molar-refractivity contribution in [1.29, 1.82) is 0 Å². The standard InChI is InChI=1S/C14H15N3O2/c18-12(17-10-4-5-10)8-16-14(19)11-3-1-2-9-6-7-15-13(9)11/h1-3,6-7,10,15H,4-5,8H2,(H,16,19)(H,17,18). The van der Waals surface area contributed by atoms with E-state index in [1.54, 1.807) is 12.3 Å². The summed E-state index contributed by atoms with van der Waals surface area (Å²) in [4.78, 5) is 26.6. The second-order valence-electron chi connectivity index (χ2n) is 4.77. The maximum atomic E-state index is 12.1. The predicted molar refractivity (Wildman–Crippen MR) is 71.8 cm³/mol. The highest BCUT2D eigenvalue weighted by atomic mass is 16.2. The van der Waals surface area contributed by atoms with Gasteiger partial charge >= 0.3 is 0 Å². The fourth-order valence-corrected chi connectivity index (χ4v) is 2.04. The number of H-pyrrole nitrogens is 1. The van der Waals surface area contributed by atoms with E-state index < -0.39 is 0 Å². The number of carbonyl (C=O) groups is 2. The van der Waals surface area contributed by atoms with Crippen molar-refractivity contribution >= 4 is 22.7 Å². The Balaban J connectivity index is 1.66. The fourth-order valence-electron chi connectivity index (χ4n) is 2.04. The number of fused-ring (bicyclic) bond motifs is 1. The third kappa shape index (κ3) is 2.59. The summed E-state index contributed by atoms with van der Waals surface area (Å²) in [6.45, 7) is 0.0203. The van der Waals surface area contributed by atoms with Crippen LogP contribution in [-0.4, -0.2) is 29.4 Å². The molecule has 1 saturated carbocycles. The summed E-state index contributed by atoms with van der Waals surface area (Å²) in [5, 5.41) is 6.46. The lowest BCUT2D eigenvalue weighted by Crippen LogP contribution is -2.37. The number of aromatic nitrogens is 1. The Morgan fingerprint density at radius 2 is 2.11 bits per heavy atom. The number of amides is 2. The van der Waals surface area contributed by atoms with Crippen LogP contribution in [0.1, 0.15) is 23.2 Å². The molecule has 0 radical (unpaired) electrons. The molecule has 0 atom stereocenters. The van der Waals surface area contributed by atoms with E-state index in [0.29, 0.717) is 11.6 Å². The summed E-state index contributed by atoms with van der Waals surface area (Å²) in [6.07, 6.45) is 3.88. The molecule has 0 saturated heterocycles. The average molecular weight is 257 g/mol. The van der Waals surface area contributed by atoms with Crippen molar-refractivity contribution in [1.82, 2.24) is 15.6 Å². The Hall–Kier alpha value is -2.30. The molecule has 0 spiro atoms. The first-order valence-electron chi connectivity index (χ1n) is 6.38. The minimum atomic E-state index is -0.237. The first kappa shape index (κ1) is 11.8. The molecule has 98 valence electrons. The van der Waals surface area contributed by atoms with Crippen molar-refractivity contribution in [2.75, 3.05) is 6.54 Å². The minimum Gasteiger partial charge on any atom is -0.361 e. The molecule has 2 aromatic rings. The van der Waals surface area contributed by atoms with Crippen LogP contribution >= 0.6 is 0 Å². The summed E-state index contributed by atoms with van der Waals surface area (Å²) in [6, 6.07) is 7.73. The van der Waals surface area contributed by atoms with Crippen LogP contribution in [0.2, 0.25) is 0 Å². The fraction of sp³-hybridized carbons (Fsp3) is 0.286. The molecule has 5 nitrogen and oxygen atoms in total. The molecule has 19 heavy (non-hydrogen) atoms. The molecule has 1 aromatic carbocycles. The molecule has 1 aliphatic rings. The van der Waals surface area contributed by atoms with Gasteiger partial charge in [-0.2, -0.15) is 0 Å². The Bertz CT molecular complexity index is 628. The van der Waals surface area contributed by atoms with Crippen molar-refractivity contribution in [3.63, 3.8) is 0 Å². The van der Waals surface area contributed by atoms with E-state index in [0.717, 1.165) is 23.7 Å². The molecule has 2 amide bonds. The zero-order chi connectivity index (χ0) is 13.2. The van der Waals surface area contributed by atoms with Crippen LogP contribution in [0.3, 0.4) is 0 Å². The van der Waals surface area contributed by atoms with E-state index in [1.165, 1.54) is 0 Å². The van der Waals surface area contributed by atoms with Crippen LogP contribution in [0, 0.1) is 0 Å². The van der Waals surface area contributed by atoms with E-state index in [-0.39, 0.29) is 18.4 Å². The van der Waals surface area contributed by atoms with Gasteiger partial charge in [-0.3, -0.25) is 9.59 Å². The quantitative estimate of drug-likeness (QED) is 0.769. The number of rotatable bonds is 4. The van der Waals surface area contributed by atoms with Crippen LogP contribution in [0.25, 0.3) is 10.9 Å². The van der Waals surface area contributed by atoms with Gasteiger partial charge < -0.3 is 15.6 Å². The van der Waals surface area contributed by atoms with Crippen LogP contribution in [0.4, 0.5) is 0 Å². The SMILES string of the molecule is O=C(CNC(=O)c1cccc2cc[nH]c12)NC1CC1. The molecular formula is C14H15N3O2. The van der Waals surface area contributed by atoms with E-state index >= 15 is 0 Å². The zero-order valence-corrected chi connectivity index (χ0v) is 10.4. The maximum Gasteiger partial charge on any atom is 0.253 e. The third-order valence-corrected chi connectivity index (χ3v) is 3.18. The van der Waals surface area contributed by atoms with Crippen molar-refractivity contribution in [2.45, 2.75) is 18.9 Å². The van der Waals surface area contributed by atoms with E-state index in [2.05, 4.69) is 15.6 Å². The van der Waals surface area contributed by atoms with Gasteiger partial charge in [0.05, 0.1) is 17.6 Å². The lowest BCUT2D eigenvalue weighted by atomic mass is 10.1. The predicted octanol–water partition coefficient (Wildman–Crippen LogP) is 1.18. The monoisotopic (exact) mass is 257 g/mol. The largest absolute Gasteiger partial charge is 0.361 e. The van der Waals surface area contributed by atoms with Gasteiger partial charge in [-0.25, -0.2) is 0 Å². The lowest BCUT2D eigenvalue weighted by Gasteiger charge is -2.06. The van der Waals surface area contributed by atoms with Crippen LogP contribution < -0.4 is 10.6 Å².